The van der Waals surface area contributed by atoms with Crippen molar-refractivity contribution in [1.29, 1.82) is 0 Å². The first-order valence-electron chi connectivity index (χ1n) is 8.35. The van der Waals surface area contributed by atoms with Gasteiger partial charge in [0.2, 0.25) is 0 Å². The zero-order valence-electron chi connectivity index (χ0n) is 13.0. The largest absolute Gasteiger partial charge is 0.508 e. The summed E-state index contributed by atoms with van der Waals surface area (Å²) in [5.41, 5.74) is 5.05. The highest BCUT2D eigenvalue weighted by Gasteiger charge is 2.12. The molecule has 0 bridgehead atoms. The molecule has 22 heavy (non-hydrogen) atoms. The first-order chi connectivity index (χ1) is 10.8. The monoisotopic (exact) mass is 296 g/mol. The van der Waals surface area contributed by atoms with Crippen molar-refractivity contribution in [1.82, 2.24) is 0 Å². The molecule has 0 unspecified atom stereocenters. The smallest absolute Gasteiger partial charge is 0.119 e. The molecule has 0 saturated carbocycles. The van der Waals surface area contributed by atoms with Gasteiger partial charge in [-0.2, -0.15) is 0 Å². The molecule has 2 nitrogen and oxygen atoms in total. The van der Waals surface area contributed by atoms with Gasteiger partial charge in [-0.1, -0.05) is 24.3 Å². The molecule has 2 aliphatic carbocycles. The maximum atomic E-state index is 9.46. The van der Waals surface area contributed by atoms with Crippen LogP contribution >= 0.6 is 0 Å². The Bertz CT molecular complexity index is 589. The van der Waals surface area contributed by atoms with Crippen molar-refractivity contribution in [2.24, 2.45) is 0 Å². The minimum Gasteiger partial charge on any atom is -0.508 e. The zero-order valence-corrected chi connectivity index (χ0v) is 13.0. The third-order valence-corrected chi connectivity index (χ3v) is 4.74. The molecule has 0 saturated heterocycles. The van der Waals surface area contributed by atoms with Crippen LogP contribution in [0.2, 0.25) is 0 Å². The lowest BCUT2D eigenvalue weighted by molar-refractivity contribution is 0.461. The maximum absolute atomic E-state index is 9.46. The van der Waals surface area contributed by atoms with Crippen LogP contribution in [0.15, 0.2) is 36.4 Å². The molecule has 0 aliphatic heterocycles. The average Bonchev–Trinajstić information content (AvgIpc) is 2.57. The van der Waals surface area contributed by atoms with Crippen molar-refractivity contribution in [3.63, 3.8) is 0 Å². The number of hydrogen-bond donors (Lipinski definition) is 2. The summed E-state index contributed by atoms with van der Waals surface area (Å²) in [6.07, 6.45) is 9.40. The molecule has 2 aliphatic rings. The molecule has 2 N–H and O–H groups in total. The van der Waals surface area contributed by atoms with E-state index in [1.54, 1.807) is 12.1 Å². The predicted octanol–water partition coefficient (Wildman–Crippen LogP) is 4.54. The third-order valence-electron chi connectivity index (χ3n) is 4.74. The Hall–Kier alpha value is -1.96. The second kappa shape index (κ2) is 6.87. The van der Waals surface area contributed by atoms with E-state index < -0.39 is 0 Å². The van der Waals surface area contributed by atoms with Gasteiger partial charge in [0.1, 0.15) is 11.5 Å². The van der Waals surface area contributed by atoms with Crippen molar-refractivity contribution in [3.8, 4) is 11.5 Å². The van der Waals surface area contributed by atoms with E-state index in [0.717, 1.165) is 25.7 Å². The van der Waals surface area contributed by atoms with E-state index in [0.29, 0.717) is 11.5 Å². The highest BCUT2D eigenvalue weighted by atomic mass is 16.3. The molecule has 2 aromatic rings. The summed E-state index contributed by atoms with van der Waals surface area (Å²) in [6, 6.07) is 11.7. The molecule has 2 aromatic carbocycles. The van der Waals surface area contributed by atoms with Gasteiger partial charge in [-0.25, -0.2) is 0 Å². The van der Waals surface area contributed by atoms with E-state index in [9.17, 15) is 10.2 Å². The van der Waals surface area contributed by atoms with Crippen molar-refractivity contribution < 1.29 is 10.2 Å². The summed E-state index contributed by atoms with van der Waals surface area (Å²) in [6.45, 7) is 0. The van der Waals surface area contributed by atoms with E-state index >= 15 is 0 Å². The van der Waals surface area contributed by atoms with Crippen LogP contribution in [0.5, 0.6) is 11.5 Å². The normalized spacial score (nSPS) is 16.0. The number of aryl methyl sites for hydroxylation is 2. The fourth-order valence-corrected chi connectivity index (χ4v) is 3.52. The Labute approximate surface area is 132 Å². The first-order valence-corrected chi connectivity index (χ1v) is 8.35. The van der Waals surface area contributed by atoms with Crippen LogP contribution in [0, 0.1) is 0 Å². The SMILES string of the molecule is Oc1cccc2c1CCCC2.Oc1cccc2c1CCCC2. The molecule has 0 heterocycles. The van der Waals surface area contributed by atoms with Crippen LogP contribution in [0.3, 0.4) is 0 Å². The summed E-state index contributed by atoms with van der Waals surface area (Å²) >= 11 is 0. The van der Waals surface area contributed by atoms with E-state index in [2.05, 4.69) is 12.1 Å². The van der Waals surface area contributed by atoms with Gasteiger partial charge in [-0.15, -0.1) is 0 Å². The predicted molar refractivity (Wildman–Crippen MR) is 89.5 cm³/mol. The van der Waals surface area contributed by atoms with Crippen LogP contribution in [0.25, 0.3) is 0 Å². The minimum absolute atomic E-state index is 0.488. The van der Waals surface area contributed by atoms with Gasteiger partial charge in [0.25, 0.3) is 0 Å². The first kappa shape index (κ1) is 15.0. The van der Waals surface area contributed by atoms with E-state index in [1.165, 1.54) is 47.9 Å². The van der Waals surface area contributed by atoms with Gasteiger partial charge >= 0.3 is 0 Å². The van der Waals surface area contributed by atoms with Crippen LogP contribution in [0.1, 0.15) is 47.9 Å². The topological polar surface area (TPSA) is 40.5 Å². The Morgan fingerprint density at radius 2 is 0.955 bits per heavy atom. The average molecular weight is 296 g/mol. The number of benzene rings is 2. The fraction of sp³-hybridized carbons (Fsp3) is 0.400. The molecule has 0 aromatic heterocycles. The number of phenolic OH excluding ortho intramolecular Hbond substituents is 2. The lowest BCUT2D eigenvalue weighted by Crippen LogP contribution is -2.01. The molecule has 0 fully saturated rings. The molecule has 2 heteroatoms. The Balaban J connectivity index is 0.000000131. The van der Waals surface area contributed by atoms with Crippen LogP contribution in [-0.2, 0) is 25.7 Å². The van der Waals surface area contributed by atoms with Crippen LogP contribution in [-0.4, -0.2) is 10.2 Å². The Morgan fingerprint density at radius 1 is 0.545 bits per heavy atom. The summed E-state index contributed by atoms with van der Waals surface area (Å²) in [5, 5.41) is 18.9. The molecule has 0 amide bonds. The highest BCUT2D eigenvalue weighted by molar-refractivity contribution is 5.41. The molecule has 0 radical (unpaired) electrons. The van der Waals surface area contributed by atoms with Gasteiger partial charge in [0, 0.05) is 0 Å². The second-order valence-electron chi connectivity index (χ2n) is 6.24. The molecular weight excluding hydrogens is 272 g/mol. The van der Waals surface area contributed by atoms with Crippen LogP contribution in [0.4, 0.5) is 0 Å². The van der Waals surface area contributed by atoms with Gasteiger partial charge < -0.3 is 10.2 Å². The number of hydrogen-bond acceptors (Lipinski definition) is 2. The molecular formula is C20H24O2. The number of rotatable bonds is 0. The fourth-order valence-electron chi connectivity index (χ4n) is 3.52. The van der Waals surface area contributed by atoms with Crippen molar-refractivity contribution in [3.05, 3.63) is 58.7 Å². The summed E-state index contributed by atoms with van der Waals surface area (Å²) in [4.78, 5) is 0. The lowest BCUT2D eigenvalue weighted by Gasteiger charge is -2.15. The second-order valence-corrected chi connectivity index (χ2v) is 6.24. The van der Waals surface area contributed by atoms with Crippen molar-refractivity contribution in [2.45, 2.75) is 51.4 Å². The number of phenols is 2. The maximum Gasteiger partial charge on any atom is 0.119 e. The lowest BCUT2D eigenvalue weighted by atomic mass is 9.91. The third kappa shape index (κ3) is 3.27. The summed E-state index contributed by atoms with van der Waals surface area (Å²) < 4.78 is 0. The van der Waals surface area contributed by atoms with Crippen molar-refractivity contribution in [2.75, 3.05) is 0 Å². The zero-order chi connectivity index (χ0) is 15.4. The summed E-state index contributed by atoms with van der Waals surface area (Å²) in [5.74, 6) is 0.976. The Morgan fingerprint density at radius 3 is 1.36 bits per heavy atom. The minimum atomic E-state index is 0.488. The standard InChI is InChI=1S/2C10H12O/c2*11-10-7-3-5-8-4-1-2-6-9(8)10/h2*3,5,7,11H,1-2,4,6H2. The van der Waals surface area contributed by atoms with Gasteiger partial charge in [-0.05, 0) is 85.8 Å². The van der Waals surface area contributed by atoms with E-state index in [1.807, 2.05) is 12.1 Å². The quantitative estimate of drug-likeness (QED) is 0.749. The number of aromatic hydroxyl groups is 2. The van der Waals surface area contributed by atoms with E-state index in [-0.39, 0.29) is 0 Å². The van der Waals surface area contributed by atoms with Crippen molar-refractivity contribution >= 4 is 0 Å². The molecule has 116 valence electrons. The molecule has 0 spiro atoms. The molecule has 0 atom stereocenters. The van der Waals surface area contributed by atoms with Gasteiger partial charge in [-0.3, -0.25) is 0 Å². The molecule has 4 rings (SSSR count). The van der Waals surface area contributed by atoms with Gasteiger partial charge in [0.05, 0.1) is 0 Å². The van der Waals surface area contributed by atoms with Gasteiger partial charge in [0.15, 0.2) is 0 Å². The highest BCUT2D eigenvalue weighted by Crippen LogP contribution is 2.28. The summed E-state index contributed by atoms with van der Waals surface area (Å²) in [7, 11) is 0. The van der Waals surface area contributed by atoms with Crippen LogP contribution < -0.4 is 0 Å². The Kier molecular flexibility index (Phi) is 4.67. The van der Waals surface area contributed by atoms with E-state index in [4.69, 9.17) is 0 Å². The number of fused-ring (bicyclic) bond motifs is 2.